The Morgan fingerprint density at radius 1 is 1.09 bits per heavy atom. The normalized spacial score (nSPS) is 27.7. The van der Waals surface area contributed by atoms with Crippen molar-refractivity contribution in [2.24, 2.45) is 5.73 Å². The lowest BCUT2D eigenvalue weighted by Crippen LogP contribution is -2.51. The molecule has 35 heavy (non-hydrogen) atoms. The Balaban J connectivity index is 1.65. The van der Waals surface area contributed by atoms with Crippen LogP contribution in [0.1, 0.15) is 82.2 Å². The van der Waals surface area contributed by atoms with Crippen molar-refractivity contribution in [2.75, 3.05) is 0 Å². The van der Waals surface area contributed by atoms with Crippen LogP contribution >= 0.6 is 0 Å². The average molecular weight is 482 g/mol. The molecule has 0 saturated carbocycles. The first kappa shape index (κ1) is 23.5. The molecule has 2 aromatic rings. The molecule has 6 N–H and O–H groups in total. The smallest absolute Gasteiger partial charge is 0.202 e. The highest BCUT2D eigenvalue weighted by molar-refractivity contribution is 6.31. The summed E-state index contributed by atoms with van der Waals surface area (Å²) in [6.07, 6.45) is -0.144. The van der Waals surface area contributed by atoms with Gasteiger partial charge in [-0.15, -0.1) is 0 Å². The van der Waals surface area contributed by atoms with E-state index in [1.807, 2.05) is 6.92 Å². The molecule has 3 aliphatic rings. The summed E-state index contributed by atoms with van der Waals surface area (Å²) in [7, 11) is 0. The molecular formula is C26H27NO8. The molecule has 0 aromatic heterocycles. The summed E-state index contributed by atoms with van der Waals surface area (Å²) in [4.78, 5) is 26.6. The summed E-state index contributed by atoms with van der Waals surface area (Å²) in [5.41, 5.74) is 6.36. The number of rotatable bonds is 3. The van der Waals surface area contributed by atoms with E-state index in [4.69, 9.17) is 15.2 Å². The van der Waals surface area contributed by atoms with E-state index in [1.165, 1.54) is 18.2 Å². The van der Waals surface area contributed by atoms with Gasteiger partial charge in [0.2, 0.25) is 5.78 Å². The highest BCUT2D eigenvalue weighted by Crippen LogP contribution is 2.51. The van der Waals surface area contributed by atoms with Crippen LogP contribution < -0.4 is 5.73 Å². The van der Waals surface area contributed by atoms with Gasteiger partial charge in [0.15, 0.2) is 12.1 Å². The highest BCUT2D eigenvalue weighted by Gasteiger charge is 2.42. The number of hydrogen-bond acceptors (Lipinski definition) is 9. The van der Waals surface area contributed by atoms with Gasteiger partial charge in [0.25, 0.3) is 0 Å². The van der Waals surface area contributed by atoms with E-state index in [0.717, 1.165) is 5.57 Å². The molecule has 1 saturated heterocycles. The van der Waals surface area contributed by atoms with Crippen LogP contribution in [-0.2, 0) is 9.47 Å². The predicted octanol–water partition coefficient (Wildman–Crippen LogP) is 2.66. The largest absolute Gasteiger partial charge is 0.507 e. The van der Waals surface area contributed by atoms with E-state index < -0.39 is 53.7 Å². The first-order chi connectivity index (χ1) is 16.6. The fourth-order valence-corrected chi connectivity index (χ4v) is 5.22. The number of phenolic OH excluding ortho intramolecular Hbond substituents is 3. The van der Waals surface area contributed by atoms with E-state index in [-0.39, 0.29) is 45.6 Å². The van der Waals surface area contributed by atoms with Gasteiger partial charge in [-0.3, -0.25) is 9.59 Å². The molecule has 184 valence electrons. The summed E-state index contributed by atoms with van der Waals surface area (Å²) in [6.45, 7) is 3.61. The highest BCUT2D eigenvalue weighted by atomic mass is 16.7. The minimum atomic E-state index is -0.847. The minimum absolute atomic E-state index is 0.0439. The molecule has 0 spiro atoms. The first-order valence-corrected chi connectivity index (χ1v) is 11.6. The van der Waals surface area contributed by atoms with Crippen molar-refractivity contribution in [1.29, 1.82) is 0 Å². The van der Waals surface area contributed by atoms with Gasteiger partial charge in [-0.05, 0) is 25.8 Å². The number of aliphatic hydroxyl groups excluding tert-OH is 1. The second kappa shape index (κ2) is 8.46. The maximum atomic E-state index is 13.4. The second-order valence-corrected chi connectivity index (χ2v) is 9.28. The maximum absolute atomic E-state index is 13.4. The van der Waals surface area contributed by atoms with Gasteiger partial charge in [-0.25, -0.2) is 0 Å². The maximum Gasteiger partial charge on any atom is 0.202 e. The first-order valence-electron chi connectivity index (χ1n) is 11.6. The number of nitrogens with two attached hydrogens (primary N) is 1. The van der Waals surface area contributed by atoms with Crippen LogP contribution in [0.3, 0.4) is 0 Å². The van der Waals surface area contributed by atoms with Crippen molar-refractivity contribution in [3.05, 3.63) is 57.2 Å². The third-order valence-electron chi connectivity index (χ3n) is 7.13. The monoisotopic (exact) mass is 481 g/mol. The Morgan fingerprint density at radius 3 is 2.49 bits per heavy atom. The molecular weight excluding hydrogens is 454 g/mol. The zero-order valence-corrected chi connectivity index (χ0v) is 19.3. The summed E-state index contributed by atoms with van der Waals surface area (Å²) in [5, 5.41) is 42.9. The Morgan fingerprint density at radius 2 is 1.80 bits per heavy atom. The third-order valence-corrected chi connectivity index (χ3v) is 7.13. The van der Waals surface area contributed by atoms with E-state index in [2.05, 4.69) is 0 Å². The number of hydrogen-bond donors (Lipinski definition) is 5. The molecule has 1 aliphatic heterocycles. The molecule has 1 heterocycles. The Bertz CT molecular complexity index is 1270. The molecule has 0 radical (unpaired) electrons. The number of aromatic hydroxyl groups is 3. The summed E-state index contributed by atoms with van der Waals surface area (Å²) in [5.74, 6) is -2.73. The van der Waals surface area contributed by atoms with Crippen LogP contribution in [0.5, 0.6) is 17.2 Å². The van der Waals surface area contributed by atoms with Crippen LogP contribution in [-0.4, -0.2) is 56.5 Å². The number of carbonyl (C=O) groups excluding carboxylic acids is 2. The summed E-state index contributed by atoms with van der Waals surface area (Å²) < 4.78 is 12.0. The van der Waals surface area contributed by atoms with Crippen LogP contribution in [0.4, 0.5) is 0 Å². The molecule has 0 unspecified atom stereocenters. The Hall–Kier alpha value is -3.24. The molecule has 9 nitrogen and oxygen atoms in total. The number of aliphatic hydroxyl groups is 1. The van der Waals surface area contributed by atoms with Crippen LogP contribution in [0.15, 0.2) is 23.8 Å². The Labute approximate surface area is 201 Å². The molecule has 0 bridgehead atoms. The van der Waals surface area contributed by atoms with Crippen molar-refractivity contribution in [3.63, 3.8) is 0 Å². The fraction of sp³-hybridized carbons (Fsp3) is 0.385. The zero-order chi connectivity index (χ0) is 25.2. The van der Waals surface area contributed by atoms with Gasteiger partial charge in [0.1, 0.15) is 17.2 Å². The van der Waals surface area contributed by atoms with Crippen molar-refractivity contribution in [2.45, 2.75) is 63.8 Å². The standard InChI is InChI=1S/C26H27NO8/c1-3-11-7-13-19(16(8-11)35-17-9-14(27)22(29)10(2)34-17)26(33)21-20(24(13)31)23(30)12-5-4-6-15(28)18(12)25(21)32/h4-7,10,14,16-17,22,28-29,31,33H,3,8-9,27H2,1-2H3/t10-,14-,16+,17+,22+/m1/s1. The quantitative estimate of drug-likeness (QED) is 0.354. The number of phenols is 3. The van der Waals surface area contributed by atoms with Crippen LogP contribution in [0.2, 0.25) is 0 Å². The number of benzene rings is 2. The Kier molecular flexibility index (Phi) is 5.68. The van der Waals surface area contributed by atoms with E-state index in [0.29, 0.717) is 12.8 Å². The summed E-state index contributed by atoms with van der Waals surface area (Å²) >= 11 is 0. The molecule has 9 heteroatoms. The van der Waals surface area contributed by atoms with Gasteiger partial charge in [-0.1, -0.05) is 30.7 Å². The van der Waals surface area contributed by atoms with Crippen LogP contribution in [0, 0.1) is 0 Å². The van der Waals surface area contributed by atoms with Crippen molar-refractivity contribution in [3.8, 4) is 17.2 Å². The lowest BCUT2D eigenvalue weighted by Gasteiger charge is -2.39. The van der Waals surface area contributed by atoms with Crippen molar-refractivity contribution >= 4 is 17.6 Å². The number of ketones is 2. The second-order valence-electron chi connectivity index (χ2n) is 9.28. The lowest BCUT2D eigenvalue weighted by atomic mass is 9.77. The summed E-state index contributed by atoms with van der Waals surface area (Å²) in [6, 6.07) is 3.54. The lowest BCUT2D eigenvalue weighted by molar-refractivity contribution is -0.240. The topological polar surface area (TPSA) is 160 Å². The third kappa shape index (κ3) is 3.54. The zero-order valence-electron chi connectivity index (χ0n) is 19.3. The number of ether oxygens (including phenoxy) is 2. The number of fused-ring (bicyclic) bond motifs is 3. The van der Waals surface area contributed by atoms with Crippen LogP contribution in [0.25, 0.3) is 6.08 Å². The molecule has 2 aromatic carbocycles. The number of carbonyl (C=O) groups is 2. The van der Waals surface area contributed by atoms with Gasteiger partial charge >= 0.3 is 0 Å². The fourth-order valence-electron chi connectivity index (χ4n) is 5.22. The minimum Gasteiger partial charge on any atom is -0.507 e. The molecule has 2 aliphatic carbocycles. The van der Waals surface area contributed by atoms with E-state index >= 15 is 0 Å². The molecule has 5 atom stereocenters. The van der Waals surface area contributed by atoms with Gasteiger partial charge in [0, 0.05) is 29.2 Å². The van der Waals surface area contributed by atoms with Gasteiger partial charge in [0.05, 0.1) is 35.0 Å². The van der Waals surface area contributed by atoms with E-state index in [1.54, 1.807) is 13.0 Å². The van der Waals surface area contributed by atoms with Gasteiger partial charge < -0.3 is 35.6 Å². The molecule has 1 fully saturated rings. The SMILES string of the molecule is CCC1=Cc2c(O)c3c(c(O)c2[C@@H](O[C@H]2C[C@@H](N)[C@@H](O)[C@@H](C)O2)C1)C(=O)c1c(O)cccc1C3=O. The average Bonchev–Trinajstić information content (AvgIpc) is 2.82. The predicted molar refractivity (Wildman–Crippen MR) is 124 cm³/mol. The molecule has 5 rings (SSSR count). The van der Waals surface area contributed by atoms with Crippen molar-refractivity contribution < 1.29 is 39.5 Å². The van der Waals surface area contributed by atoms with Crippen molar-refractivity contribution in [1.82, 2.24) is 0 Å². The van der Waals surface area contributed by atoms with E-state index in [9.17, 15) is 30.0 Å². The van der Waals surface area contributed by atoms with Gasteiger partial charge in [-0.2, -0.15) is 0 Å². The molecule has 0 amide bonds.